The monoisotopic (exact) mass is 308 g/mol. The van der Waals surface area contributed by atoms with E-state index in [1.807, 2.05) is 6.08 Å². The van der Waals surface area contributed by atoms with Gasteiger partial charge in [-0.3, -0.25) is 0 Å². The summed E-state index contributed by atoms with van der Waals surface area (Å²) >= 11 is 7.22. The zero-order chi connectivity index (χ0) is 9.68. The molecule has 0 heterocycles. The van der Waals surface area contributed by atoms with Gasteiger partial charge in [-0.15, -0.1) is 6.58 Å². The Bertz CT molecular complexity index is 146. The molecule has 1 aliphatic carbocycles. The molecule has 0 atom stereocenters. The Kier molecular flexibility index (Phi) is 5.65. The first-order valence-electron chi connectivity index (χ1n) is 5.13. The Hall–Kier alpha value is 0.700. The Morgan fingerprint density at radius 3 is 2.31 bits per heavy atom. The second-order valence-electron chi connectivity index (χ2n) is 3.98. The van der Waals surface area contributed by atoms with Crippen LogP contribution in [0.15, 0.2) is 12.7 Å². The Morgan fingerprint density at radius 1 is 1.23 bits per heavy atom. The van der Waals surface area contributed by atoms with E-state index in [0.717, 1.165) is 11.8 Å². The van der Waals surface area contributed by atoms with Crippen molar-refractivity contribution in [1.29, 1.82) is 0 Å². The number of rotatable bonds is 4. The van der Waals surface area contributed by atoms with Gasteiger partial charge in [-0.2, -0.15) is 0 Å². The van der Waals surface area contributed by atoms with E-state index in [4.69, 9.17) is 0 Å². The van der Waals surface area contributed by atoms with E-state index in [2.05, 4.69) is 38.4 Å². The van der Waals surface area contributed by atoms with E-state index in [1.54, 1.807) is 0 Å². The third-order valence-corrected chi connectivity index (χ3v) is 4.52. The summed E-state index contributed by atoms with van der Waals surface area (Å²) in [6.45, 7) is 3.77. The van der Waals surface area contributed by atoms with Gasteiger partial charge >= 0.3 is 0 Å². The zero-order valence-corrected chi connectivity index (χ0v) is 11.2. The molecule has 1 fully saturated rings. The molecule has 0 amide bonds. The topological polar surface area (TPSA) is 0 Å². The van der Waals surface area contributed by atoms with Crippen LogP contribution in [0.2, 0.25) is 0 Å². The summed E-state index contributed by atoms with van der Waals surface area (Å²) < 4.78 is 0.528. The van der Waals surface area contributed by atoms with Crippen molar-refractivity contribution in [1.82, 2.24) is 0 Å². The van der Waals surface area contributed by atoms with Crippen LogP contribution in [0.3, 0.4) is 0 Å². The lowest BCUT2D eigenvalue weighted by Crippen LogP contribution is -2.18. The quantitative estimate of drug-likeness (QED) is 0.513. The van der Waals surface area contributed by atoms with Crippen molar-refractivity contribution in [2.45, 2.75) is 42.3 Å². The lowest BCUT2D eigenvalue weighted by Gasteiger charge is -2.29. The summed E-state index contributed by atoms with van der Waals surface area (Å²) in [5.41, 5.74) is 0. The second kappa shape index (κ2) is 6.23. The first kappa shape index (κ1) is 11.8. The first-order chi connectivity index (χ1) is 6.24. The van der Waals surface area contributed by atoms with Crippen LogP contribution in [0.1, 0.15) is 38.5 Å². The zero-order valence-electron chi connectivity index (χ0n) is 8.02. The molecule has 1 aliphatic rings. The minimum Gasteiger partial charge on any atom is -0.103 e. The maximum atomic E-state index is 3.77. The van der Waals surface area contributed by atoms with Crippen LogP contribution in [0.4, 0.5) is 0 Å². The predicted octanol–water partition coefficient (Wildman–Crippen LogP) is 4.87. The maximum Gasteiger partial charge on any atom is 0.0726 e. The van der Waals surface area contributed by atoms with Crippen molar-refractivity contribution >= 4 is 31.9 Å². The molecule has 0 aromatic carbocycles. The Balaban J connectivity index is 2.18. The fourth-order valence-electron chi connectivity index (χ4n) is 2.08. The lowest BCUT2D eigenvalue weighted by molar-refractivity contribution is 0.279. The smallest absolute Gasteiger partial charge is 0.0726 e. The third-order valence-electron chi connectivity index (χ3n) is 3.03. The normalized spacial score (nSPS) is 29.2. The molecule has 0 bridgehead atoms. The summed E-state index contributed by atoms with van der Waals surface area (Å²) in [5.74, 6) is 1.81. The van der Waals surface area contributed by atoms with Gasteiger partial charge < -0.3 is 0 Å². The molecule has 0 unspecified atom stereocenters. The number of alkyl halides is 2. The van der Waals surface area contributed by atoms with E-state index in [0.29, 0.717) is 3.74 Å². The van der Waals surface area contributed by atoms with Crippen LogP contribution < -0.4 is 0 Å². The average Bonchev–Trinajstić information content (AvgIpc) is 2.15. The highest BCUT2D eigenvalue weighted by atomic mass is 79.9. The number of hydrogen-bond acceptors (Lipinski definition) is 0. The van der Waals surface area contributed by atoms with Crippen molar-refractivity contribution in [3.63, 3.8) is 0 Å². The summed E-state index contributed by atoms with van der Waals surface area (Å²) in [6, 6.07) is 0. The maximum absolute atomic E-state index is 3.77. The van der Waals surface area contributed by atoms with E-state index in [1.165, 1.54) is 38.5 Å². The summed E-state index contributed by atoms with van der Waals surface area (Å²) in [6.07, 6.45) is 10.2. The molecule has 76 valence electrons. The molecular formula is C11H18Br2. The molecule has 2 heteroatoms. The van der Waals surface area contributed by atoms with E-state index < -0.39 is 0 Å². The van der Waals surface area contributed by atoms with Crippen LogP contribution in [-0.4, -0.2) is 3.74 Å². The number of allylic oxidation sites excluding steroid dienone is 1. The SMILES string of the molecule is C=CCCC1CCC(C(Br)Br)CC1. The van der Waals surface area contributed by atoms with Gasteiger partial charge in [0.15, 0.2) is 0 Å². The fraction of sp³-hybridized carbons (Fsp3) is 0.818. The first-order valence-corrected chi connectivity index (χ1v) is 6.96. The highest BCUT2D eigenvalue weighted by Crippen LogP contribution is 2.37. The molecule has 0 nitrogen and oxygen atoms in total. The molecule has 0 saturated heterocycles. The molecule has 0 aromatic heterocycles. The fourth-order valence-corrected chi connectivity index (χ4v) is 3.14. The molecule has 1 rings (SSSR count). The van der Waals surface area contributed by atoms with Gasteiger partial charge in [0.05, 0.1) is 3.74 Å². The van der Waals surface area contributed by atoms with Crippen LogP contribution in [-0.2, 0) is 0 Å². The molecule has 0 aromatic rings. The van der Waals surface area contributed by atoms with Crippen molar-refractivity contribution in [2.75, 3.05) is 0 Å². The minimum absolute atomic E-state index is 0.528. The van der Waals surface area contributed by atoms with E-state index in [9.17, 15) is 0 Å². The molecule has 0 spiro atoms. The number of halogens is 2. The van der Waals surface area contributed by atoms with Gasteiger partial charge in [0.1, 0.15) is 0 Å². The molecular weight excluding hydrogens is 292 g/mol. The van der Waals surface area contributed by atoms with E-state index in [-0.39, 0.29) is 0 Å². The third kappa shape index (κ3) is 4.16. The van der Waals surface area contributed by atoms with Gasteiger partial charge in [-0.25, -0.2) is 0 Å². The Morgan fingerprint density at radius 2 is 1.85 bits per heavy atom. The van der Waals surface area contributed by atoms with Crippen LogP contribution in [0, 0.1) is 11.8 Å². The van der Waals surface area contributed by atoms with Crippen LogP contribution in [0.5, 0.6) is 0 Å². The Labute approximate surface area is 98.4 Å². The predicted molar refractivity (Wildman–Crippen MR) is 66.5 cm³/mol. The molecule has 1 saturated carbocycles. The second-order valence-corrected chi connectivity index (χ2v) is 7.18. The number of hydrogen-bond donors (Lipinski definition) is 0. The van der Waals surface area contributed by atoms with Gasteiger partial charge in [0.25, 0.3) is 0 Å². The van der Waals surface area contributed by atoms with Crippen molar-refractivity contribution in [2.24, 2.45) is 11.8 Å². The van der Waals surface area contributed by atoms with Crippen molar-refractivity contribution in [3.8, 4) is 0 Å². The highest BCUT2D eigenvalue weighted by molar-refractivity contribution is 9.24. The van der Waals surface area contributed by atoms with E-state index >= 15 is 0 Å². The summed E-state index contributed by atoms with van der Waals surface area (Å²) in [4.78, 5) is 0. The van der Waals surface area contributed by atoms with Gasteiger partial charge in [0, 0.05) is 0 Å². The minimum atomic E-state index is 0.528. The van der Waals surface area contributed by atoms with Gasteiger partial charge in [-0.05, 0) is 37.5 Å². The molecule has 0 aliphatic heterocycles. The van der Waals surface area contributed by atoms with Crippen molar-refractivity contribution < 1.29 is 0 Å². The van der Waals surface area contributed by atoms with Crippen molar-refractivity contribution in [3.05, 3.63) is 12.7 Å². The average molecular weight is 310 g/mol. The standard InChI is InChI=1S/C11H18Br2/c1-2-3-4-9-5-7-10(8-6-9)11(12)13/h2,9-11H,1,3-8H2. The largest absolute Gasteiger partial charge is 0.103 e. The summed E-state index contributed by atoms with van der Waals surface area (Å²) in [7, 11) is 0. The molecule has 13 heavy (non-hydrogen) atoms. The molecule has 0 radical (unpaired) electrons. The van der Waals surface area contributed by atoms with Crippen LogP contribution >= 0.6 is 31.9 Å². The highest BCUT2D eigenvalue weighted by Gasteiger charge is 2.23. The van der Waals surface area contributed by atoms with Crippen LogP contribution in [0.25, 0.3) is 0 Å². The molecule has 0 N–H and O–H groups in total. The summed E-state index contributed by atoms with van der Waals surface area (Å²) in [5, 5.41) is 0. The lowest BCUT2D eigenvalue weighted by atomic mass is 9.81. The van der Waals surface area contributed by atoms with Gasteiger partial charge in [0.2, 0.25) is 0 Å². The van der Waals surface area contributed by atoms with Gasteiger partial charge in [-0.1, -0.05) is 50.8 Å².